The molecule has 1 aliphatic rings. The Morgan fingerprint density at radius 1 is 1.59 bits per heavy atom. The van der Waals surface area contributed by atoms with E-state index in [0.29, 0.717) is 12.5 Å². The van der Waals surface area contributed by atoms with Crippen LogP contribution < -0.4 is 0 Å². The lowest BCUT2D eigenvalue weighted by Crippen LogP contribution is -2.27. The van der Waals surface area contributed by atoms with Gasteiger partial charge in [0.05, 0.1) is 11.6 Å². The number of carbonyl (C=O) groups is 1. The summed E-state index contributed by atoms with van der Waals surface area (Å²) in [6, 6.07) is 0. The highest BCUT2D eigenvalue weighted by molar-refractivity contribution is 5.70. The molecule has 0 saturated carbocycles. The fourth-order valence-corrected chi connectivity index (χ4v) is 2.57. The van der Waals surface area contributed by atoms with Crippen molar-refractivity contribution in [3.05, 3.63) is 17.2 Å². The minimum atomic E-state index is -0.686. The van der Waals surface area contributed by atoms with E-state index >= 15 is 0 Å². The minimum Gasteiger partial charge on any atom is -0.481 e. The van der Waals surface area contributed by atoms with Gasteiger partial charge in [-0.05, 0) is 32.1 Å². The second-order valence-electron chi connectivity index (χ2n) is 5.33. The van der Waals surface area contributed by atoms with E-state index in [1.54, 1.807) is 0 Å². The van der Waals surface area contributed by atoms with Crippen LogP contribution in [0.5, 0.6) is 0 Å². The molecule has 1 unspecified atom stereocenters. The number of imidazole rings is 1. The summed E-state index contributed by atoms with van der Waals surface area (Å²) in [6.07, 6.45) is 2.58. The molecule has 94 valence electrons. The fraction of sp³-hybridized carbons (Fsp3) is 0.692. The normalized spacial score (nSPS) is 19.4. The molecule has 2 rings (SSSR count). The Labute approximate surface area is 102 Å². The zero-order chi connectivity index (χ0) is 12.6. The lowest BCUT2D eigenvalue weighted by molar-refractivity contribution is -0.142. The minimum absolute atomic E-state index is 0.248. The zero-order valence-corrected chi connectivity index (χ0v) is 10.7. The predicted octanol–water partition coefficient (Wildman–Crippen LogP) is 2.04. The zero-order valence-electron chi connectivity index (χ0n) is 10.7. The fourth-order valence-electron chi connectivity index (χ4n) is 2.57. The molecule has 1 aromatic rings. The lowest BCUT2D eigenvalue weighted by atomic mass is 9.95. The summed E-state index contributed by atoms with van der Waals surface area (Å²) in [5.74, 6) is 0.615. The van der Waals surface area contributed by atoms with Crippen molar-refractivity contribution in [2.24, 2.45) is 11.8 Å². The summed E-state index contributed by atoms with van der Waals surface area (Å²) in [5, 5.41) is 9.07. The molecule has 0 amide bonds. The van der Waals surface area contributed by atoms with Crippen molar-refractivity contribution in [1.82, 2.24) is 9.55 Å². The van der Waals surface area contributed by atoms with Crippen molar-refractivity contribution in [3.8, 4) is 0 Å². The number of rotatable bonds is 3. The summed E-state index contributed by atoms with van der Waals surface area (Å²) in [6.45, 7) is 6.92. The Morgan fingerprint density at radius 3 is 2.88 bits per heavy atom. The molecular weight excluding hydrogens is 216 g/mol. The lowest BCUT2D eigenvalue weighted by Gasteiger charge is -2.22. The third-order valence-electron chi connectivity index (χ3n) is 3.43. The maximum atomic E-state index is 11.0. The monoisotopic (exact) mass is 236 g/mol. The summed E-state index contributed by atoms with van der Waals surface area (Å²) in [7, 11) is 0. The van der Waals surface area contributed by atoms with Crippen LogP contribution in [-0.2, 0) is 24.2 Å². The summed E-state index contributed by atoms with van der Waals surface area (Å²) in [4.78, 5) is 15.6. The smallest absolute Gasteiger partial charge is 0.308 e. The van der Waals surface area contributed by atoms with Gasteiger partial charge in [0.2, 0.25) is 0 Å². The van der Waals surface area contributed by atoms with Crippen LogP contribution in [0.3, 0.4) is 0 Å². The number of hydrogen-bond donors (Lipinski definition) is 1. The molecule has 0 radical (unpaired) electrons. The van der Waals surface area contributed by atoms with E-state index in [9.17, 15) is 4.79 Å². The molecule has 4 heteroatoms. The van der Waals surface area contributed by atoms with Gasteiger partial charge in [0, 0.05) is 12.2 Å². The molecule has 0 aliphatic carbocycles. The van der Waals surface area contributed by atoms with Crippen LogP contribution in [0.1, 0.15) is 37.5 Å². The van der Waals surface area contributed by atoms with Gasteiger partial charge in [-0.15, -0.1) is 0 Å². The number of aliphatic carboxylic acids is 1. The number of hydrogen-bond acceptors (Lipinski definition) is 2. The highest BCUT2D eigenvalue weighted by atomic mass is 16.4. The first-order valence-electron chi connectivity index (χ1n) is 6.26. The summed E-state index contributed by atoms with van der Waals surface area (Å²) >= 11 is 0. The second kappa shape index (κ2) is 4.51. The molecule has 17 heavy (non-hydrogen) atoms. The average molecular weight is 236 g/mol. The number of aryl methyl sites for hydroxylation is 1. The largest absolute Gasteiger partial charge is 0.481 e. The number of carboxylic acids is 1. The van der Waals surface area contributed by atoms with E-state index in [4.69, 9.17) is 5.11 Å². The second-order valence-corrected chi connectivity index (χ2v) is 5.33. The third kappa shape index (κ3) is 2.35. The summed E-state index contributed by atoms with van der Waals surface area (Å²) in [5.41, 5.74) is 2.43. The van der Waals surface area contributed by atoms with Crippen LogP contribution in [0.2, 0.25) is 0 Å². The van der Waals surface area contributed by atoms with Gasteiger partial charge in [-0.25, -0.2) is 4.98 Å². The highest BCUT2D eigenvalue weighted by Gasteiger charge is 2.27. The third-order valence-corrected chi connectivity index (χ3v) is 3.43. The van der Waals surface area contributed by atoms with E-state index in [2.05, 4.69) is 23.4 Å². The van der Waals surface area contributed by atoms with Gasteiger partial charge in [-0.2, -0.15) is 0 Å². The van der Waals surface area contributed by atoms with E-state index in [-0.39, 0.29) is 5.92 Å². The van der Waals surface area contributed by atoms with Crippen LogP contribution in [0.15, 0.2) is 0 Å². The molecule has 0 spiro atoms. The molecule has 1 atom stereocenters. The van der Waals surface area contributed by atoms with Crippen molar-refractivity contribution in [1.29, 1.82) is 0 Å². The van der Waals surface area contributed by atoms with E-state index in [0.717, 1.165) is 25.1 Å². The van der Waals surface area contributed by atoms with Crippen LogP contribution in [-0.4, -0.2) is 20.6 Å². The average Bonchev–Trinajstić information content (AvgIpc) is 2.54. The summed E-state index contributed by atoms with van der Waals surface area (Å²) < 4.78 is 2.10. The van der Waals surface area contributed by atoms with Gasteiger partial charge >= 0.3 is 5.97 Å². The van der Waals surface area contributed by atoms with Crippen LogP contribution in [0.4, 0.5) is 0 Å². The number of aromatic nitrogens is 2. The molecule has 0 aromatic carbocycles. The molecule has 2 heterocycles. The molecule has 4 nitrogen and oxygen atoms in total. The van der Waals surface area contributed by atoms with Gasteiger partial charge in [0.25, 0.3) is 0 Å². The maximum absolute atomic E-state index is 11.0. The molecule has 0 saturated heterocycles. The van der Waals surface area contributed by atoms with Gasteiger partial charge in [-0.3, -0.25) is 4.79 Å². The molecule has 0 bridgehead atoms. The van der Waals surface area contributed by atoms with Gasteiger partial charge in [0.1, 0.15) is 5.82 Å². The molecule has 1 aliphatic heterocycles. The number of fused-ring (bicyclic) bond motifs is 1. The van der Waals surface area contributed by atoms with E-state index in [1.165, 1.54) is 11.4 Å². The Hall–Kier alpha value is -1.32. The van der Waals surface area contributed by atoms with Gasteiger partial charge < -0.3 is 9.67 Å². The van der Waals surface area contributed by atoms with Crippen LogP contribution in [0.25, 0.3) is 0 Å². The topological polar surface area (TPSA) is 55.1 Å². The molecule has 1 aromatic heterocycles. The van der Waals surface area contributed by atoms with Crippen molar-refractivity contribution in [2.45, 2.75) is 46.6 Å². The Balaban J connectivity index is 2.27. The van der Waals surface area contributed by atoms with E-state index < -0.39 is 5.97 Å². The van der Waals surface area contributed by atoms with Crippen LogP contribution >= 0.6 is 0 Å². The van der Waals surface area contributed by atoms with Gasteiger partial charge in [0.15, 0.2) is 0 Å². The highest BCUT2D eigenvalue weighted by Crippen LogP contribution is 2.26. The maximum Gasteiger partial charge on any atom is 0.308 e. The van der Waals surface area contributed by atoms with Gasteiger partial charge in [-0.1, -0.05) is 13.8 Å². The first kappa shape index (κ1) is 12.1. The van der Waals surface area contributed by atoms with Crippen molar-refractivity contribution < 1.29 is 9.90 Å². The number of carboxylic acid groups (broad SMARTS) is 1. The van der Waals surface area contributed by atoms with Crippen molar-refractivity contribution in [3.63, 3.8) is 0 Å². The standard InChI is InChI=1S/C13H20N2O2/c1-8(2)6-11-12-5-4-10(13(16)17)7-15(12)9(3)14-11/h8,10H,4-7H2,1-3H3,(H,16,17). The Morgan fingerprint density at radius 2 is 2.29 bits per heavy atom. The predicted molar refractivity (Wildman–Crippen MR) is 65.0 cm³/mol. The van der Waals surface area contributed by atoms with Crippen molar-refractivity contribution in [2.75, 3.05) is 0 Å². The molecule has 0 fully saturated rings. The Kier molecular flexibility index (Phi) is 3.22. The van der Waals surface area contributed by atoms with Crippen LogP contribution in [0, 0.1) is 18.8 Å². The van der Waals surface area contributed by atoms with Crippen molar-refractivity contribution >= 4 is 5.97 Å². The Bertz CT molecular complexity index is 435. The molecule has 1 N–H and O–H groups in total. The molecular formula is C13H20N2O2. The quantitative estimate of drug-likeness (QED) is 0.873. The first-order valence-corrected chi connectivity index (χ1v) is 6.26. The SMILES string of the molecule is Cc1nc(CC(C)C)c2n1CC(C(=O)O)CC2. The number of nitrogens with zero attached hydrogens (tertiary/aromatic N) is 2. The first-order chi connectivity index (χ1) is 7.99. The van der Waals surface area contributed by atoms with E-state index in [1.807, 2.05) is 6.92 Å².